The lowest BCUT2D eigenvalue weighted by Gasteiger charge is -2.15. The lowest BCUT2D eigenvalue weighted by Crippen LogP contribution is -2.29. The fourth-order valence-corrected chi connectivity index (χ4v) is 1.56. The van der Waals surface area contributed by atoms with Gasteiger partial charge in [-0.2, -0.15) is 5.26 Å². The minimum Gasteiger partial charge on any atom is -0.326 e. The second-order valence-corrected chi connectivity index (χ2v) is 3.34. The van der Waals surface area contributed by atoms with E-state index in [2.05, 4.69) is 9.97 Å². The number of carbonyl (C=O) groups excluding carboxylic acids is 1. The molecule has 0 aromatic carbocycles. The van der Waals surface area contributed by atoms with Crippen LogP contribution < -0.4 is 10.6 Å². The topological polar surface area (TPSA) is 95.9 Å². The molecule has 76 valence electrons. The molecule has 2 rings (SSSR count). The molecule has 6 heteroatoms. The van der Waals surface area contributed by atoms with E-state index in [9.17, 15) is 4.79 Å². The third-order valence-corrected chi connectivity index (χ3v) is 2.22. The van der Waals surface area contributed by atoms with Gasteiger partial charge in [-0.25, -0.2) is 9.97 Å². The average Bonchev–Trinajstić information content (AvgIpc) is 2.57. The molecule has 1 aliphatic heterocycles. The summed E-state index contributed by atoms with van der Waals surface area (Å²) in [5.74, 6) is 0.253. The smallest absolute Gasteiger partial charge is 0.229 e. The van der Waals surface area contributed by atoms with Crippen molar-refractivity contribution in [3.63, 3.8) is 0 Å². The molecule has 0 spiro atoms. The van der Waals surface area contributed by atoms with Crippen LogP contribution in [0.2, 0.25) is 0 Å². The van der Waals surface area contributed by atoms with E-state index in [1.807, 2.05) is 6.07 Å². The summed E-state index contributed by atoms with van der Waals surface area (Å²) in [6.07, 6.45) is 3.00. The van der Waals surface area contributed by atoms with Crippen molar-refractivity contribution >= 4 is 11.7 Å². The van der Waals surface area contributed by atoms with Gasteiger partial charge in [0.15, 0.2) is 5.82 Å². The predicted octanol–water partition coefficient (Wildman–Crippen LogP) is -0.588. The Morgan fingerprint density at radius 2 is 2.47 bits per heavy atom. The molecule has 0 bridgehead atoms. The van der Waals surface area contributed by atoms with E-state index in [1.54, 1.807) is 0 Å². The standard InChI is InChI=1S/C9H9N5O/c10-2-6-3-12-5-13-9(6)14-4-7(11)1-8(14)15/h3,5,7H,1,4,11H2. The highest BCUT2D eigenvalue weighted by Gasteiger charge is 2.30. The van der Waals surface area contributed by atoms with Crippen molar-refractivity contribution in [2.75, 3.05) is 11.4 Å². The number of hydrogen-bond acceptors (Lipinski definition) is 5. The molecule has 1 atom stereocenters. The van der Waals surface area contributed by atoms with Crippen molar-refractivity contribution < 1.29 is 4.79 Å². The minimum atomic E-state index is -0.181. The van der Waals surface area contributed by atoms with Gasteiger partial charge in [0.25, 0.3) is 0 Å². The molecule has 1 unspecified atom stereocenters. The molecule has 15 heavy (non-hydrogen) atoms. The minimum absolute atomic E-state index is 0.0994. The second-order valence-electron chi connectivity index (χ2n) is 3.34. The summed E-state index contributed by atoms with van der Waals surface area (Å²) in [6.45, 7) is 0.407. The SMILES string of the molecule is N#Cc1cncnc1N1CC(N)CC1=O. The molecule has 0 aliphatic carbocycles. The fourth-order valence-electron chi connectivity index (χ4n) is 1.56. The number of amides is 1. The first kappa shape index (κ1) is 9.55. The molecule has 1 fully saturated rings. The number of nitrogens with two attached hydrogens (primary N) is 1. The van der Waals surface area contributed by atoms with Crippen molar-refractivity contribution in [3.8, 4) is 6.07 Å². The summed E-state index contributed by atoms with van der Waals surface area (Å²) < 4.78 is 0. The van der Waals surface area contributed by atoms with Gasteiger partial charge in [0, 0.05) is 19.0 Å². The monoisotopic (exact) mass is 203 g/mol. The van der Waals surface area contributed by atoms with Crippen LogP contribution >= 0.6 is 0 Å². The highest BCUT2D eigenvalue weighted by Crippen LogP contribution is 2.20. The largest absolute Gasteiger partial charge is 0.326 e. The van der Waals surface area contributed by atoms with Crippen molar-refractivity contribution in [3.05, 3.63) is 18.1 Å². The van der Waals surface area contributed by atoms with E-state index in [1.165, 1.54) is 17.4 Å². The molecule has 2 N–H and O–H groups in total. The van der Waals surface area contributed by atoms with Gasteiger partial charge in [0.2, 0.25) is 5.91 Å². The van der Waals surface area contributed by atoms with Crippen molar-refractivity contribution in [2.24, 2.45) is 5.73 Å². The summed E-state index contributed by atoms with van der Waals surface area (Å²) in [4.78, 5) is 20.6. The van der Waals surface area contributed by atoms with Crippen LogP contribution in [0.25, 0.3) is 0 Å². The molecule has 1 aromatic rings. The van der Waals surface area contributed by atoms with E-state index in [0.717, 1.165) is 0 Å². The second kappa shape index (κ2) is 3.63. The van der Waals surface area contributed by atoms with Gasteiger partial charge in [-0.3, -0.25) is 9.69 Å². The lowest BCUT2D eigenvalue weighted by molar-refractivity contribution is -0.117. The van der Waals surface area contributed by atoms with E-state index in [-0.39, 0.29) is 11.9 Å². The summed E-state index contributed by atoms with van der Waals surface area (Å²) in [5.41, 5.74) is 5.95. The fraction of sp³-hybridized carbons (Fsp3) is 0.333. The summed E-state index contributed by atoms with van der Waals surface area (Å²) in [5, 5.41) is 8.83. The maximum Gasteiger partial charge on any atom is 0.229 e. The average molecular weight is 203 g/mol. The molecular weight excluding hydrogens is 194 g/mol. The van der Waals surface area contributed by atoms with E-state index in [4.69, 9.17) is 11.0 Å². The first-order chi connectivity index (χ1) is 7.22. The number of nitriles is 1. The third-order valence-electron chi connectivity index (χ3n) is 2.22. The number of nitrogens with zero attached hydrogens (tertiary/aromatic N) is 4. The molecule has 2 heterocycles. The van der Waals surface area contributed by atoms with Gasteiger partial charge in [0.05, 0.1) is 6.20 Å². The number of hydrogen-bond donors (Lipinski definition) is 1. The molecule has 1 amide bonds. The Hall–Kier alpha value is -2.00. The number of carbonyl (C=O) groups is 1. The molecule has 1 saturated heterocycles. The zero-order chi connectivity index (χ0) is 10.8. The van der Waals surface area contributed by atoms with Crippen LogP contribution in [0, 0.1) is 11.3 Å². The molecule has 1 aliphatic rings. The Bertz CT molecular complexity index is 438. The van der Waals surface area contributed by atoms with Gasteiger partial charge in [-0.15, -0.1) is 0 Å². The quantitative estimate of drug-likeness (QED) is 0.658. The van der Waals surface area contributed by atoms with Crippen LogP contribution in [0.3, 0.4) is 0 Å². The Morgan fingerprint density at radius 3 is 3.07 bits per heavy atom. The van der Waals surface area contributed by atoms with Gasteiger partial charge in [-0.05, 0) is 0 Å². The Kier molecular flexibility index (Phi) is 2.31. The van der Waals surface area contributed by atoms with Crippen LogP contribution in [-0.2, 0) is 4.79 Å². The van der Waals surface area contributed by atoms with E-state index >= 15 is 0 Å². The van der Waals surface area contributed by atoms with Crippen molar-refractivity contribution in [2.45, 2.75) is 12.5 Å². The van der Waals surface area contributed by atoms with Crippen LogP contribution in [0.15, 0.2) is 12.5 Å². The number of anilines is 1. The summed E-state index contributed by atoms with van der Waals surface area (Å²) in [7, 11) is 0. The highest BCUT2D eigenvalue weighted by atomic mass is 16.2. The Morgan fingerprint density at radius 1 is 1.67 bits per heavy atom. The Labute approximate surface area is 86.3 Å². The normalized spacial score (nSPS) is 20.4. The van der Waals surface area contributed by atoms with Crippen molar-refractivity contribution in [1.29, 1.82) is 5.26 Å². The van der Waals surface area contributed by atoms with Crippen LogP contribution in [0.5, 0.6) is 0 Å². The van der Waals surface area contributed by atoms with Crippen LogP contribution in [-0.4, -0.2) is 28.5 Å². The maximum atomic E-state index is 11.5. The van der Waals surface area contributed by atoms with Gasteiger partial charge >= 0.3 is 0 Å². The first-order valence-electron chi connectivity index (χ1n) is 4.48. The van der Waals surface area contributed by atoms with E-state index < -0.39 is 0 Å². The summed E-state index contributed by atoms with van der Waals surface area (Å²) in [6, 6.07) is 1.77. The zero-order valence-corrected chi connectivity index (χ0v) is 7.92. The first-order valence-corrected chi connectivity index (χ1v) is 4.48. The lowest BCUT2D eigenvalue weighted by atomic mass is 10.3. The molecule has 0 saturated carbocycles. The number of aromatic nitrogens is 2. The van der Waals surface area contributed by atoms with Crippen LogP contribution in [0.4, 0.5) is 5.82 Å². The zero-order valence-electron chi connectivity index (χ0n) is 7.92. The highest BCUT2D eigenvalue weighted by molar-refractivity contribution is 5.96. The van der Waals surface area contributed by atoms with Crippen LogP contribution in [0.1, 0.15) is 12.0 Å². The number of rotatable bonds is 1. The van der Waals surface area contributed by atoms with E-state index in [0.29, 0.717) is 24.3 Å². The predicted molar refractivity (Wildman–Crippen MR) is 51.7 cm³/mol. The third kappa shape index (κ3) is 1.65. The Balaban J connectivity index is 2.38. The van der Waals surface area contributed by atoms with Gasteiger partial charge < -0.3 is 5.73 Å². The molecule has 0 radical (unpaired) electrons. The van der Waals surface area contributed by atoms with Gasteiger partial charge in [-0.1, -0.05) is 0 Å². The maximum absolute atomic E-state index is 11.5. The summed E-state index contributed by atoms with van der Waals surface area (Å²) >= 11 is 0. The molecular formula is C9H9N5O. The molecule has 6 nitrogen and oxygen atoms in total. The van der Waals surface area contributed by atoms with Gasteiger partial charge in [0.1, 0.15) is 18.0 Å². The van der Waals surface area contributed by atoms with Crippen molar-refractivity contribution in [1.82, 2.24) is 9.97 Å². The molecule has 1 aromatic heterocycles.